The van der Waals surface area contributed by atoms with Gasteiger partial charge in [0, 0.05) is 18.3 Å². The largest absolute Gasteiger partial charge is 0.389 e. The number of benzene rings is 1. The zero-order chi connectivity index (χ0) is 12.3. The van der Waals surface area contributed by atoms with E-state index in [2.05, 4.69) is 24.0 Å². The summed E-state index contributed by atoms with van der Waals surface area (Å²) in [6.07, 6.45) is 4.83. The molecule has 17 heavy (non-hydrogen) atoms. The van der Waals surface area contributed by atoms with Gasteiger partial charge in [-0.1, -0.05) is 19.1 Å². The summed E-state index contributed by atoms with van der Waals surface area (Å²) in [7, 11) is 0. The lowest BCUT2D eigenvalue weighted by molar-refractivity contribution is 0.199. The molecule has 0 spiro atoms. The fraction of sp³-hybridized carbons (Fsp3) is 0.600. The molecular formula is C15H23NO. The second kappa shape index (κ2) is 5.54. The predicted octanol–water partition coefficient (Wildman–Crippen LogP) is 3.51. The fourth-order valence-electron chi connectivity index (χ4n) is 2.71. The maximum atomic E-state index is 9.51. The Morgan fingerprint density at radius 1 is 1.29 bits per heavy atom. The lowest BCUT2D eigenvalue weighted by Gasteiger charge is -2.37. The number of anilines is 1. The van der Waals surface area contributed by atoms with Crippen molar-refractivity contribution in [2.45, 2.75) is 51.7 Å². The van der Waals surface area contributed by atoms with Gasteiger partial charge in [0.2, 0.25) is 0 Å². The third-order valence-electron chi connectivity index (χ3n) is 3.81. The fourth-order valence-corrected chi connectivity index (χ4v) is 2.71. The van der Waals surface area contributed by atoms with Gasteiger partial charge in [0.1, 0.15) is 0 Å². The third kappa shape index (κ3) is 2.81. The second-order valence-corrected chi connectivity index (χ2v) is 5.02. The summed E-state index contributed by atoms with van der Waals surface area (Å²) in [4.78, 5) is 2.52. The van der Waals surface area contributed by atoms with Crippen molar-refractivity contribution >= 4 is 5.69 Å². The molecule has 2 atom stereocenters. The summed E-state index contributed by atoms with van der Waals surface area (Å²) in [5.41, 5.74) is 2.31. The third-order valence-corrected chi connectivity index (χ3v) is 3.81. The maximum absolute atomic E-state index is 9.51. The number of aliphatic hydroxyl groups is 1. The van der Waals surface area contributed by atoms with E-state index in [0.717, 1.165) is 5.56 Å². The van der Waals surface area contributed by atoms with Crippen LogP contribution in [-0.2, 0) is 0 Å². The van der Waals surface area contributed by atoms with Crippen molar-refractivity contribution in [2.24, 2.45) is 0 Å². The Labute approximate surface area is 104 Å². The first-order valence-electron chi connectivity index (χ1n) is 6.77. The number of hydrogen-bond acceptors (Lipinski definition) is 2. The predicted molar refractivity (Wildman–Crippen MR) is 72.4 cm³/mol. The summed E-state index contributed by atoms with van der Waals surface area (Å²) < 4.78 is 0. The summed E-state index contributed by atoms with van der Waals surface area (Å²) in [6, 6.07) is 9.08. The number of rotatable bonds is 3. The molecule has 1 heterocycles. The van der Waals surface area contributed by atoms with E-state index < -0.39 is 0 Å². The van der Waals surface area contributed by atoms with Crippen molar-refractivity contribution in [2.75, 3.05) is 11.4 Å². The smallest absolute Gasteiger partial charge is 0.0761 e. The first-order chi connectivity index (χ1) is 8.22. The van der Waals surface area contributed by atoms with Crippen LogP contribution in [0.2, 0.25) is 0 Å². The first-order valence-corrected chi connectivity index (χ1v) is 6.77. The lowest BCUT2D eigenvalue weighted by atomic mass is 9.99. The molecule has 1 N–H and O–H groups in total. The summed E-state index contributed by atoms with van der Waals surface area (Å²) in [6.45, 7) is 5.25. The molecule has 0 radical (unpaired) electrons. The van der Waals surface area contributed by atoms with Crippen molar-refractivity contribution in [1.29, 1.82) is 0 Å². The van der Waals surface area contributed by atoms with Crippen LogP contribution in [0, 0.1) is 0 Å². The molecule has 1 aliphatic heterocycles. The van der Waals surface area contributed by atoms with Gasteiger partial charge >= 0.3 is 0 Å². The standard InChI is InChI=1S/C15H23NO/c1-3-14-6-4-5-11-16(14)15-9-7-13(8-10-15)12(2)17/h7-10,12,14,17H,3-6,11H2,1-2H3. The van der Waals surface area contributed by atoms with Crippen LogP contribution in [0.1, 0.15) is 51.2 Å². The van der Waals surface area contributed by atoms with Crippen molar-refractivity contribution in [1.82, 2.24) is 0 Å². The molecule has 2 rings (SSSR count). The van der Waals surface area contributed by atoms with Crippen LogP contribution in [0.4, 0.5) is 5.69 Å². The zero-order valence-electron chi connectivity index (χ0n) is 10.9. The van der Waals surface area contributed by atoms with Gasteiger partial charge in [-0.3, -0.25) is 0 Å². The number of piperidine rings is 1. The summed E-state index contributed by atoms with van der Waals surface area (Å²) >= 11 is 0. The highest BCUT2D eigenvalue weighted by atomic mass is 16.3. The van der Waals surface area contributed by atoms with Crippen molar-refractivity contribution in [3.05, 3.63) is 29.8 Å². The Kier molecular flexibility index (Phi) is 4.06. The minimum Gasteiger partial charge on any atom is -0.389 e. The van der Waals surface area contributed by atoms with Gasteiger partial charge in [0.05, 0.1) is 6.10 Å². The number of hydrogen-bond donors (Lipinski definition) is 1. The van der Waals surface area contributed by atoms with E-state index in [1.165, 1.54) is 37.9 Å². The van der Waals surface area contributed by atoms with Crippen LogP contribution in [0.3, 0.4) is 0 Å². The summed E-state index contributed by atoms with van der Waals surface area (Å²) in [5.74, 6) is 0. The van der Waals surface area contributed by atoms with Gasteiger partial charge in [-0.05, 0) is 50.3 Å². The van der Waals surface area contributed by atoms with Crippen molar-refractivity contribution in [3.63, 3.8) is 0 Å². The molecule has 1 aromatic rings. The average molecular weight is 233 g/mol. The van der Waals surface area contributed by atoms with Gasteiger partial charge in [-0.15, -0.1) is 0 Å². The Morgan fingerprint density at radius 3 is 2.59 bits per heavy atom. The topological polar surface area (TPSA) is 23.5 Å². The van der Waals surface area contributed by atoms with Crippen LogP contribution in [0.15, 0.2) is 24.3 Å². The molecule has 0 aromatic heterocycles. The second-order valence-electron chi connectivity index (χ2n) is 5.02. The normalized spacial score (nSPS) is 22.5. The van der Waals surface area contributed by atoms with Crippen LogP contribution in [0.5, 0.6) is 0 Å². The molecule has 94 valence electrons. The highest BCUT2D eigenvalue weighted by Gasteiger charge is 2.20. The molecule has 1 fully saturated rings. The average Bonchev–Trinajstić information content (AvgIpc) is 2.39. The molecule has 1 aliphatic rings. The molecule has 2 nitrogen and oxygen atoms in total. The Bertz CT molecular complexity index is 344. The molecular weight excluding hydrogens is 210 g/mol. The Balaban J connectivity index is 2.15. The molecule has 1 saturated heterocycles. The van der Waals surface area contributed by atoms with E-state index in [4.69, 9.17) is 0 Å². The molecule has 2 unspecified atom stereocenters. The maximum Gasteiger partial charge on any atom is 0.0761 e. The van der Waals surface area contributed by atoms with Crippen LogP contribution in [0.25, 0.3) is 0 Å². The minimum absolute atomic E-state index is 0.368. The molecule has 0 saturated carbocycles. The SMILES string of the molecule is CCC1CCCCN1c1ccc(C(C)O)cc1. The van der Waals surface area contributed by atoms with E-state index in [1.54, 1.807) is 0 Å². The highest BCUT2D eigenvalue weighted by molar-refractivity contribution is 5.49. The molecule has 0 aliphatic carbocycles. The lowest BCUT2D eigenvalue weighted by Crippen LogP contribution is -2.39. The van der Waals surface area contributed by atoms with E-state index >= 15 is 0 Å². The highest BCUT2D eigenvalue weighted by Crippen LogP contribution is 2.27. The Morgan fingerprint density at radius 2 is 2.00 bits per heavy atom. The molecule has 2 heteroatoms. The minimum atomic E-state index is -0.368. The summed E-state index contributed by atoms with van der Waals surface area (Å²) in [5, 5.41) is 9.51. The van der Waals surface area contributed by atoms with Crippen molar-refractivity contribution < 1.29 is 5.11 Å². The van der Waals surface area contributed by atoms with Crippen LogP contribution in [-0.4, -0.2) is 17.7 Å². The van der Waals surface area contributed by atoms with E-state index in [9.17, 15) is 5.11 Å². The molecule has 0 bridgehead atoms. The van der Waals surface area contributed by atoms with Gasteiger partial charge in [0.25, 0.3) is 0 Å². The van der Waals surface area contributed by atoms with Gasteiger partial charge in [-0.2, -0.15) is 0 Å². The van der Waals surface area contributed by atoms with E-state index in [-0.39, 0.29) is 6.10 Å². The Hall–Kier alpha value is -1.02. The zero-order valence-corrected chi connectivity index (χ0v) is 10.9. The van der Waals surface area contributed by atoms with E-state index in [0.29, 0.717) is 6.04 Å². The van der Waals surface area contributed by atoms with Crippen LogP contribution < -0.4 is 4.90 Å². The quantitative estimate of drug-likeness (QED) is 0.863. The van der Waals surface area contributed by atoms with Gasteiger partial charge in [0.15, 0.2) is 0 Å². The molecule has 1 aromatic carbocycles. The molecule has 0 amide bonds. The number of aliphatic hydroxyl groups excluding tert-OH is 1. The van der Waals surface area contributed by atoms with Crippen molar-refractivity contribution in [3.8, 4) is 0 Å². The van der Waals surface area contributed by atoms with Crippen LogP contribution >= 0.6 is 0 Å². The van der Waals surface area contributed by atoms with E-state index in [1.807, 2.05) is 19.1 Å². The number of nitrogens with zero attached hydrogens (tertiary/aromatic N) is 1. The monoisotopic (exact) mass is 233 g/mol. The first kappa shape index (κ1) is 12.4. The van der Waals surface area contributed by atoms with Gasteiger partial charge < -0.3 is 10.0 Å². The van der Waals surface area contributed by atoms with Gasteiger partial charge in [-0.25, -0.2) is 0 Å².